The van der Waals surface area contributed by atoms with E-state index in [9.17, 15) is 0 Å². The monoisotopic (exact) mass is 288 g/mol. The van der Waals surface area contributed by atoms with E-state index in [1.807, 2.05) is 12.1 Å². The van der Waals surface area contributed by atoms with Crippen molar-refractivity contribution < 1.29 is 4.74 Å². The number of benzene rings is 1. The van der Waals surface area contributed by atoms with Gasteiger partial charge in [0.05, 0.1) is 27.9 Å². The molecule has 0 spiro atoms. The van der Waals surface area contributed by atoms with Crippen molar-refractivity contribution in [3.05, 3.63) is 27.7 Å². The SMILES string of the molecule is CC1(C)CN(Cc2cc(Cl)c(N)c(Cl)c2)CCO1. The number of rotatable bonds is 2. The highest BCUT2D eigenvalue weighted by Gasteiger charge is 2.27. The molecular weight excluding hydrogens is 271 g/mol. The third-order valence-electron chi connectivity index (χ3n) is 3.05. The summed E-state index contributed by atoms with van der Waals surface area (Å²) in [7, 11) is 0. The molecule has 1 aromatic rings. The van der Waals surface area contributed by atoms with Crippen LogP contribution in [0.25, 0.3) is 0 Å². The van der Waals surface area contributed by atoms with E-state index in [1.165, 1.54) is 0 Å². The summed E-state index contributed by atoms with van der Waals surface area (Å²) in [6.45, 7) is 7.58. The van der Waals surface area contributed by atoms with Crippen LogP contribution in [-0.4, -0.2) is 30.2 Å². The van der Waals surface area contributed by atoms with Gasteiger partial charge in [0, 0.05) is 19.6 Å². The van der Waals surface area contributed by atoms with E-state index in [2.05, 4.69) is 18.7 Å². The van der Waals surface area contributed by atoms with Crippen molar-refractivity contribution in [2.24, 2.45) is 0 Å². The van der Waals surface area contributed by atoms with Crippen molar-refractivity contribution in [3.8, 4) is 0 Å². The molecule has 100 valence electrons. The van der Waals surface area contributed by atoms with Gasteiger partial charge in [-0.1, -0.05) is 23.2 Å². The number of nitrogens with two attached hydrogens (primary N) is 1. The van der Waals surface area contributed by atoms with Crippen LogP contribution in [0.4, 0.5) is 5.69 Å². The second-order valence-corrected chi connectivity index (χ2v) is 6.11. The molecule has 2 N–H and O–H groups in total. The summed E-state index contributed by atoms with van der Waals surface area (Å²) in [5.74, 6) is 0. The van der Waals surface area contributed by atoms with Crippen LogP contribution in [0.2, 0.25) is 10.0 Å². The van der Waals surface area contributed by atoms with Crippen LogP contribution in [0.3, 0.4) is 0 Å². The van der Waals surface area contributed by atoms with Gasteiger partial charge in [-0.15, -0.1) is 0 Å². The van der Waals surface area contributed by atoms with E-state index >= 15 is 0 Å². The smallest absolute Gasteiger partial charge is 0.0753 e. The first kappa shape index (κ1) is 13.9. The Morgan fingerprint density at radius 2 is 1.94 bits per heavy atom. The van der Waals surface area contributed by atoms with E-state index in [0.717, 1.165) is 31.8 Å². The molecule has 3 nitrogen and oxygen atoms in total. The van der Waals surface area contributed by atoms with Gasteiger partial charge in [-0.2, -0.15) is 0 Å². The van der Waals surface area contributed by atoms with Gasteiger partial charge in [-0.05, 0) is 31.5 Å². The molecule has 0 amide bonds. The van der Waals surface area contributed by atoms with Gasteiger partial charge < -0.3 is 10.5 Å². The Bertz CT molecular complexity index is 426. The zero-order chi connectivity index (χ0) is 13.3. The number of morpholine rings is 1. The third-order valence-corrected chi connectivity index (χ3v) is 3.68. The van der Waals surface area contributed by atoms with E-state index in [4.69, 9.17) is 33.7 Å². The maximum atomic E-state index is 6.04. The lowest BCUT2D eigenvalue weighted by atomic mass is 10.1. The average Bonchev–Trinajstić information content (AvgIpc) is 2.24. The van der Waals surface area contributed by atoms with Gasteiger partial charge in [0.25, 0.3) is 0 Å². The summed E-state index contributed by atoms with van der Waals surface area (Å²) in [5, 5.41) is 1.04. The first-order valence-electron chi connectivity index (χ1n) is 5.97. The normalized spacial score (nSPS) is 20.0. The lowest BCUT2D eigenvalue weighted by Crippen LogP contribution is -2.47. The predicted molar refractivity (Wildman–Crippen MR) is 76.2 cm³/mol. The number of anilines is 1. The standard InChI is InChI=1S/C13H18Cl2N2O/c1-13(2)8-17(3-4-18-13)7-9-5-10(14)12(16)11(15)6-9/h5-6H,3-4,7-8,16H2,1-2H3. The zero-order valence-corrected chi connectivity index (χ0v) is 12.2. The van der Waals surface area contributed by atoms with Crippen LogP contribution in [0.5, 0.6) is 0 Å². The molecule has 1 aliphatic rings. The fraction of sp³-hybridized carbons (Fsp3) is 0.538. The van der Waals surface area contributed by atoms with Crippen molar-refractivity contribution in [2.75, 3.05) is 25.4 Å². The minimum absolute atomic E-state index is 0.0976. The van der Waals surface area contributed by atoms with Gasteiger partial charge in [-0.25, -0.2) is 0 Å². The van der Waals surface area contributed by atoms with Gasteiger partial charge in [0.2, 0.25) is 0 Å². The van der Waals surface area contributed by atoms with Crippen LogP contribution >= 0.6 is 23.2 Å². The topological polar surface area (TPSA) is 38.5 Å². The van der Waals surface area contributed by atoms with Crippen molar-refractivity contribution in [3.63, 3.8) is 0 Å². The van der Waals surface area contributed by atoms with Crippen LogP contribution in [0.1, 0.15) is 19.4 Å². The third kappa shape index (κ3) is 3.29. The van der Waals surface area contributed by atoms with E-state index in [0.29, 0.717) is 15.7 Å². The van der Waals surface area contributed by atoms with Crippen LogP contribution < -0.4 is 5.73 Å². The van der Waals surface area contributed by atoms with Crippen LogP contribution in [0, 0.1) is 0 Å². The number of halogens is 2. The molecule has 2 rings (SSSR count). The summed E-state index contributed by atoms with van der Waals surface area (Å²) >= 11 is 12.1. The molecule has 0 radical (unpaired) electrons. The van der Waals surface area contributed by atoms with Gasteiger partial charge in [0.1, 0.15) is 0 Å². The Morgan fingerprint density at radius 1 is 1.33 bits per heavy atom. The number of ether oxygens (including phenoxy) is 1. The Morgan fingerprint density at radius 3 is 2.50 bits per heavy atom. The maximum Gasteiger partial charge on any atom is 0.0753 e. The molecular formula is C13H18Cl2N2O. The first-order chi connectivity index (χ1) is 8.37. The van der Waals surface area contributed by atoms with Crippen molar-refractivity contribution >= 4 is 28.9 Å². The summed E-state index contributed by atoms with van der Waals surface area (Å²) in [4.78, 5) is 2.34. The van der Waals surface area contributed by atoms with Crippen molar-refractivity contribution in [2.45, 2.75) is 26.0 Å². The highest BCUT2D eigenvalue weighted by molar-refractivity contribution is 6.38. The zero-order valence-electron chi connectivity index (χ0n) is 10.7. The molecule has 0 aliphatic carbocycles. The molecule has 1 heterocycles. The van der Waals surface area contributed by atoms with Gasteiger partial charge in [-0.3, -0.25) is 4.90 Å². The molecule has 1 aromatic carbocycles. The van der Waals surface area contributed by atoms with E-state index in [-0.39, 0.29) is 5.60 Å². The molecule has 0 atom stereocenters. The minimum Gasteiger partial charge on any atom is -0.396 e. The number of nitrogens with zero attached hydrogens (tertiary/aromatic N) is 1. The average molecular weight is 289 g/mol. The molecule has 1 saturated heterocycles. The Kier molecular flexibility index (Phi) is 4.07. The highest BCUT2D eigenvalue weighted by Crippen LogP contribution is 2.29. The molecule has 5 heteroatoms. The molecule has 0 unspecified atom stereocenters. The summed E-state index contributed by atoms with van der Waals surface area (Å²) in [6, 6.07) is 3.76. The van der Waals surface area contributed by atoms with E-state index in [1.54, 1.807) is 0 Å². The van der Waals surface area contributed by atoms with Gasteiger partial charge in [0.15, 0.2) is 0 Å². The Labute approximate surface area is 118 Å². The number of nitrogen functional groups attached to an aromatic ring is 1. The largest absolute Gasteiger partial charge is 0.396 e. The quantitative estimate of drug-likeness (QED) is 0.850. The first-order valence-corrected chi connectivity index (χ1v) is 6.73. The molecule has 1 fully saturated rings. The Hall–Kier alpha value is -0.480. The number of hydrogen-bond donors (Lipinski definition) is 1. The highest BCUT2D eigenvalue weighted by atomic mass is 35.5. The fourth-order valence-electron chi connectivity index (χ4n) is 2.24. The van der Waals surface area contributed by atoms with Crippen LogP contribution in [-0.2, 0) is 11.3 Å². The molecule has 18 heavy (non-hydrogen) atoms. The van der Waals surface area contributed by atoms with E-state index < -0.39 is 0 Å². The second kappa shape index (κ2) is 5.25. The van der Waals surface area contributed by atoms with Crippen molar-refractivity contribution in [1.82, 2.24) is 4.90 Å². The predicted octanol–water partition coefficient (Wildman–Crippen LogP) is 3.19. The lowest BCUT2D eigenvalue weighted by molar-refractivity contribution is -0.0882. The van der Waals surface area contributed by atoms with Gasteiger partial charge >= 0.3 is 0 Å². The summed E-state index contributed by atoms with van der Waals surface area (Å²) < 4.78 is 5.69. The second-order valence-electron chi connectivity index (χ2n) is 5.29. The van der Waals surface area contributed by atoms with Crippen molar-refractivity contribution in [1.29, 1.82) is 0 Å². The van der Waals surface area contributed by atoms with Crippen LogP contribution in [0.15, 0.2) is 12.1 Å². The molecule has 0 bridgehead atoms. The summed E-state index contributed by atoms with van der Waals surface area (Å²) in [6.07, 6.45) is 0. The Balaban J connectivity index is 2.10. The molecule has 0 aromatic heterocycles. The summed E-state index contributed by atoms with van der Waals surface area (Å²) in [5.41, 5.74) is 7.16. The lowest BCUT2D eigenvalue weighted by Gasteiger charge is -2.38. The molecule has 0 saturated carbocycles. The fourth-order valence-corrected chi connectivity index (χ4v) is 2.77. The number of hydrogen-bond acceptors (Lipinski definition) is 3. The molecule has 1 aliphatic heterocycles. The minimum atomic E-state index is -0.0976. The maximum absolute atomic E-state index is 6.04.